The van der Waals surface area contributed by atoms with Gasteiger partial charge < -0.3 is 19.0 Å². The highest BCUT2D eigenvalue weighted by Crippen LogP contribution is 2.47. The van der Waals surface area contributed by atoms with E-state index in [1.165, 1.54) is 12.1 Å². The van der Waals surface area contributed by atoms with Gasteiger partial charge >= 0.3 is 0 Å². The highest BCUT2D eigenvalue weighted by atomic mass is 28.4. The Morgan fingerprint density at radius 3 is 2.50 bits per heavy atom. The van der Waals surface area contributed by atoms with Gasteiger partial charge in [0.05, 0.1) is 0 Å². The lowest BCUT2D eigenvalue weighted by molar-refractivity contribution is 0.0301. The van der Waals surface area contributed by atoms with Crippen LogP contribution in [0.2, 0.25) is 18.1 Å². The third-order valence-electron chi connectivity index (χ3n) is 5.87. The summed E-state index contributed by atoms with van der Waals surface area (Å²) in [5.41, 5.74) is 3.00. The fraction of sp³-hybridized carbons (Fsp3) is 0.364. The van der Waals surface area contributed by atoms with E-state index in [0.717, 1.165) is 22.4 Å². The lowest BCUT2D eigenvalue weighted by Crippen LogP contribution is -2.43. The van der Waals surface area contributed by atoms with Crippen LogP contribution in [0.3, 0.4) is 0 Å². The van der Waals surface area contributed by atoms with Gasteiger partial charge in [-0.25, -0.2) is 4.39 Å². The zero-order valence-corrected chi connectivity index (χ0v) is 17.8. The summed E-state index contributed by atoms with van der Waals surface area (Å²) in [6.45, 7) is 11.3. The highest BCUT2D eigenvalue weighted by molar-refractivity contribution is 6.74. The zero-order chi connectivity index (χ0) is 20.3. The SMILES string of the molecule is CC(C)(C)[Si](C)(C)Oc1ccc2c(c1)OCC1=C2C(O)Oc2cc(F)ccc21. The normalized spacial score (nSPS) is 18.5. The third kappa shape index (κ3) is 3.10. The van der Waals surface area contributed by atoms with Gasteiger partial charge in [0.2, 0.25) is 14.6 Å². The van der Waals surface area contributed by atoms with Gasteiger partial charge in [0.15, 0.2) is 0 Å². The number of aliphatic hydroxyl groups excluding tert-OH is 1. The van der Waals surface area contributed by atoms with E-state index in [2.05, 4.69) is 33.9 Å². The highest BCUT2D eigenvalue weighted by Gasteiger charge is 2.39. The molecule has 2 aromatic rings. The molecule has 0 fully saturated rings. The molecule has 4 nitrogen and oxygen atoms in total. The number of ether oxygens (including phenoxy) is 2. The van der Waals surface area contributed by atoms with Crippen molar-refractivity contribution in [1.29, 1.82) is 0 Å². The van der Waals surface area contributed by atoms with Gasteiger partial charge in [-0.3, -0.25) is 0 Å². The van der Waals surface area contributed by atoms with Crippen LogP contribution in [0.1, 0.15) is 31.9 Å². The number of halogens is 1. The van der Waals surface area contributed by atoms with E-state index in [9.17, 15) is 9.50 Å². The molecule has 4 rings (SSSR count). The third-order valence-corrected chi connectivity index (χ3v) is 10.2. The molecule has 0 saturated carbocycles. The summed E-state index contributed by atoms with van der Waals surface area (Å²) in [4.78, 5) is 0. The van der Waals surface area contributed by atoms with Crippen molar-refractivity contribution in [3.63, 3.8) is 0 Å². The molecule has 2 heterocycles. The van der Waals surface area contributed by atoms with Crippen LogP contribution in [0.4, 0.5) is 4.39 Å². The van der Waals surface area contributed by atoms with Crippen LogP contribution in [0.25, 0.3) is 11.1 Å². The van der Waals surface area contributed by atoms with E-state index in [-0.39, 0.29) is 11.6 Å². The number of fused-ring (bicyclic) bond motifs is 4. The minimum Gasteiger partial charge on any atom is -0.543 e. The van der Waals surface area contributed by atoms with Gasteiger partial charge in [0.1, 0.15) is 29.7 Å². The Balaban J connectivity index is 1.74. The molecule has 6 heteroatoms. The van der Waals surface area contributed by atoms with Gasteiger partial charge in [-0.2, -0.15) is 0 Å². The molecule has 0 radical (unpaired) electrons. The summed E-state index contributed by atoms with van der Waals surface area (Å²) in [6, 6.07) is 10.0. The Labute approximate surface area is 165 Å². The summed E-state index contributed by atoms with van der Waals surface area (Å²) in [7, 11) is -1.97. The summed E-state index contributed by atoms with van der Waals surface area (Å²) >= 11 is 0. The maximum Gasteiger partial charge on any atom is 0.250 e. The summed E-state index contributed by atoms with van der Waals surface area (Å²) < 4.78 is 31.5. The predicted octanol–water partition coefficient (Wildman–Crippen LogP) is 5.22. The zero-order valence-electron chi connectivity index (χ0n) is 16.8. The maximum absolute atomic E-state index is 13.5. The molecule has 0 amide bonds. The van der Waals surface area contributed by atoms with Crippen LogP contribution < -0.4 is 13.9 Å². The smallest absolute Gasteiger partial charge is 0.250 e. The van der Waals surface area contributed by atoms with Crippen molar-refractivity contribution in [2.45, 2.75) is 45.2 Å². The molecule has 1 atom stereocenters. The Hall–Kier alpha value is -2.31. The van der Waals surface area contributed by atoms with E-state index in [1.54, 1.807) is 6.07 Å². The van der Waals surface area contributed by atoms with Gasteiger partial charge in [-0.1, -0.05) is 20.8 Å². The Kier molecular flexibility index (Phi) is 4.32. The summed E-state index contributed by atoms with van der Waals surface area (Å²) in [5.74, 6) is 1.35. The monoisotopic (exact) mass is 400 g/mol. The van der Waals surface area contributed by atoms with Gasteiger partial charge in [0.25, 0.3) is 0 Å². The molecule has 148 valence electrons. The lowest BCUT2D eigenvalue weighted by atomic mass is 9.90. The van der Waals surface area contributed by atoms with Crippen molar-refractivity contribution < 1.29 is 23.4 Å². The van der Waals surface area contributed by atoms with Crippen LogP contribution in [0, 0.1) is 5.82 Å². The first kappa shape index (κ1) is 19.0. The van der Waals surface area contributed by atoms with Crippen molar-refractivity contribution >= 4 is 19.5 Å². The van der Waals surface area contributed by atoms with Crippen LogP contribution in [-0.2, 0) is 0 Å². The first-order valence-corrected chi connectivity index (χ1v) is 12.3. The van der Waals surface area contributed by atoms with Crippen LogP contribution in [0.5, 0.6) is 17.2 Å². The molecule has 2 aliphatic heterocycles. The standard InChI is InChI=1S/C22H25FO4Si/c1-22(2,3)28(4,5)27-14-7-9-16-18(11-14)25-12-17-15-8-6-13(23)10-19(15)26-21(24)20(16)17/h6-11,21,24H,12H2,1-5H3. The first-order chi connectivity index (χ1) is 13.1. The predicted molar refractivity (Wildman–Crippen MR) is 110 cm³/mol. The second kappa shape index (κ2) is 6.35. The van der Waals surface area contributed by atoms with Crippen LogP contribution in [-0.4, -0.2) is 26.3 Å². The molecule has 0 aromatic heterocycles. The molecule has 0 bridgehead atoms. The topological polar surface area (TPSA) is 47.9 Å². The van der Waals surface area contributed by atoms with E-state index >= 15 is 0 Å². The second-order valence-electron chi connectivity index (χ2n) is 8.81. The molecule has 0 spiro atoms. The minimum absolute atomic E-state index is 0.0891. The molecule has 1 N–H and O–H groups in total. The van der Waals surface area contributed by atoms with E-state index in [4.69, 9.17) is 13.9 Å². The number of rotatable bonds is 2. The Morgan fingerprint density at radius 2 is 1.79 bits per heavy atom. The molecule has 0 aliphatic carbocycles. The molecule has 1 unspecified atom stereocenters. The van der Waals surface area contributed by atoms with E-state index in [0.29, 0.717) is 17.1 Å². The fourth-order valence-corrected chi connectivity index (χ4v) is 4.30. The van der Waals surface area contributed by atoms with Crippen LogP contribution >= 0.6 is 0 Å². The number of aliphatic hydroxyl groups is 1. The Morgan fingerprint density at radius 1 is 1.07 bits per heavy atom. The maximum atomic E-state index is 13.5. The van der Waals surface area contributed by atoms with E-state index in [1.807, 2.05) is 18.2 Å². The van der Waals surface area contributed by atoms with Crippen LogP contribution in [0.15, 0.2) is 36.4 Å². The minimum atomic E-state index is -1.97. The average Bonchev–Trinajstić information content (AvgIpc) is 2.59. The van der Waals surface area contributed by atoms with Crippen molar-refractivity contribution in [3.8, 4) is 17.2 Å². The summed E-state index contributed by atoms with van der Waals surface area (Å²) in [5, 5.41) is 10.7. The molecular formula is C22H25FO4Si. The largest absolute Gasteiger partial charge is 0.543 e. The van der Waals surface area contributed by atoms with Gasteiger partial charge in [-0.05, 0) is 42.4 Å². The lowest BCUT2D eigenvalue weighted by Gasteiger charge is -2.37. The first-order valence-electron chi connectivity index (χ1n) is 9.41. The molecule has 0 saturated heterocycles. The molecule has 2 aliphatic rings. The number of benzene rings is 2. The second-order valence-corrected chi connectivity index (χ2v) is 13.5. The molecule has 2 aromatic carbocycles. The quantitative estimate of drug-likeness (QED) is 0.702. The van der Waals surface area contributed by atoms with Crippen molar-refractivity contribution in [3.05, 3.63) is 53.3 Å². The van der Waals surface area contributed by atoms with E-state index < -0.39 is 20.4 Å². The number of hydrogen-bond donors (Lipinski definition) is 1. The van der Waals surface area contributed by atoms with Crippen molar-refractivity contribution in [1.82, 2.24) is 0 Å². The number of hydrogen-bond acceptors (Lipinski definition) is 4. The van der Waals surface area contributed by atoms with Gasteiger partial charge in [-0.15, -0.1) is 0 Å². The molecular weight excluding hydrogens is 375 g/mol. The van der Waals surface area contributed by atoms with Crippen molar-refractivity contribution in [2.75, 3.05) is 6.61 Å². The average molecular weight is 401 g/mol. The van der Waals surface area contributed by atoms with Gasteiger partial charge in [0, 0.05) is 34.4 Å². The van der Waals surface area contributed by atoms with Crippen molar-refractivity contribution in [2.24, 2.45) is 0 Å². The molecule has 28 heavy (non-hydrogen) atoms. The summed E-state index contributed by atoms with van der Waals surface area (Å²) in [6.07, 6.45) is -1.17. The Bertz CT molecular complexity index is 975. The fourth-order valence-electron chi connectivity index (χ4n) is 3.27.